The van der Waals surface area contributed by atoms with E-state index in [1.54, 1.807) is 34.5 Å². The molecule has 0 bridgehead atoms. The van der Waals surface area contributed by atoms with Gasteiger partial charge in [-0.25, -0.2) is 14.8 Å². The van der Waals surface area contributed by atoms with Crippen molar-refractivity contribution in [2.75, 3.05) is 25.0 Å². The van der Waals surface area contributed by atoms with Crippen molar-refractivity contribution < 1.29 is 14.3 Å². The fourth-order valence-electron chi connectivity index (χ4n) is 4.08. The first-order valence-electron chi connectivity index (χ1n) is 11.2. The Kier molecular flexibility index (Phi) is 6.55. The third kappa shape index (κ3) is 4.67. The fraction of sp³-hybridized carbons (Fsp3) is 0.280. The molecule has 1 fully saturated rings. The Morgan fingerprint density at radius 1 is 1.00 bits per heavy atom. The van der Waals surface area contributed by atoms with Crippen LogP contribution in [0.5, 0.6) is 0 Å². The number of carbonyl (C=O) groups excluding carboxylic acids is 2. The molecule has 174 valence electrons. The van der Waals surface area contributed by atoms with Crippen LogP contribution < -0.4 is 5.32 Å². The van der Waals surface area contributed by atoms with E-state index in [0.717, 1.165) is 32.2 Å². The average molecular weight is 493 g/mol. The van der Waals surface area contributed by atoms with E-state index in [1.165, 1.54) is 0 Å². The van der Waals surface area contributed by atoms with Gasteiger partial charge in [0.2, 0.25) is 0 Å². The summed E-state index contributed by atoms with van der Waals surface area (Å²) in [4.78, 5) is 38.5. The third-order valence-electron chi connectivity index (χ3n) is 5.83. The molecule has 0 unspecified atom stereocenters. The number of nitrogens with one attached hydrogen (secondary N) is 1. The molecular weight excluding hydrogens is 468 g/mol. The van der Waals surface area contributed by atoms with Gasteiger partial charge in [0, 0.05) is 18.8 Å². The van der Waals surface area contributed by atoms with Crippen LogP contribution in [0.3, 0.4) is 0 Å². The molecule has 1 aromatic carbocycles. The molecule has 0 radical (unpaired) electrons. The molecule has 3 aromatic heterocycles. The van der Waals surface area contributed by atoms with Gasteiger partial charge in [-0.3, -0.25) is 4.79 Å². The molecule has 0 aliphatic carbocycles. The van der Waals surface area contributed by atoms with E-state index in [4.69, 9.17) is 14.7 Å². The van der Waals surface area contributed by atoms with Gasteiger partial charge < -0.3 is 15.0 Å². The predicted molar refractivity (Wildman–Crippen MR) is 136 cm³/mol. The first-order chi connectivity index (χ1) is 16.6. The molecule has 1 saturated heterocycles. The van der Waals surface area contributed by atoms with Gasteiger partial charge in [0.05, 0.1) is 33.3 Å². The van der Waals surface area contributed by atoms with Crippen molar-refractivity contribution >= 4 is 51.4 Å². The molecule has 7 nitrogen and oxygen atoms in total. The maximum Gasteiger partial charge on any atom is 0.321 e. The minimum atomic E-state index is -0.177. The lowest BCUT2D eigenvalue weighted by molar-refractivity contribution is -0.149. The van der Waals surface area contributed by atoms with E-state index in [1.807, 2.05) is 47.2 Å². The number of anilines is 1. The van der Waals surface area contributed by atoms with E-state index < -0.39 is 0 Å². The molecule has 1 aliphatic heterocycles. The van der Waals surface area contributed by atoms with Crippen molar-refractivity contribution in [2.24, 2.45) is 5.92 Å². The average Bonchev–Trinajstić information content (AvgIpc) is 3.58. The molecule has 0 spiro atoms. The van der Waals surface area contributed by atoms with Crippen LogP contribution in [0, 0.1) is 5.92 Å². The minimum Gasteiger partial charge on any atom is -0.466 e. The smallest absolute Gasteiger partial charge is 0.321 e. The van der Waals surface area contributed by atoms with Crippen molar-refractivity contribution in [1.29, 1.82) is 0 Å². The number of esters is 1. The number of benzene rings is 1. The summed E-state index contributed by atoms with van der Waals surface area (Å²) in [5, 5.41) is 7.04. The first kappa shape index (κ1) is 22.5. The highest BCUT2D eigenvalue weighted by molar-refractivity contribution is 7.14. The van der Waals surface area contributed by atoms with Gasteiger partial charge in [0.1, 0.15) is 11.4 Å². The highest BCUT2D eigenvalue weighted by Crippen LogP contribution is 2.35. The number of aromatic nitrogens is 2. The van der Waals surface area contributed by atoms with Crippen LogP contribution in [0.2, 0.25) is 0 Å². The van der Waals surface area contributed by atoms with Crippen LogP contribution in [0.4, 0.5) is 10.5 Å². The Morgan fingerprint density at radius 3 is 2.24 bits per heavy atom. The van der Waals surface area contributed by atoms with Crippen molar-refractivity contribution in [3.8, 4) is 21.1 Å². The Bertz CT molecular complexity index is 1300. The van der Waals surface area contributed by atoms with E-state index in [0.29, 0.717) is 38.2 Å². The Morgan fingerprint density at radius 2 is 1.65 bits per heavy atom. The number of hydrogen-bond donors (Lipinski definition) is 1. The Balaban J connectivity index is 1.36. The number of likely N-dealkylation sites (tertiary alicyclic amines) is 1. The standard InChI is InChI=1S/C25H24N4O3S2/c1-2-32-24(30)16-9-11-29(12-10-16)25(31)26-17-7-8-18-19(15-17)28-23(21-6-4-14-34-21)22(27-18)20-5-3-13-33-20/h3-8,13-16H,2,9-12H2,1H3,(H,26,31). The van der Waals surface area contributed by atoms with Crippen molar-refractivity contribution in [3.63, 3.8) is 0 Å². The second-order valence-corrected chi connectivity index (χ2v) is 9.92. The summed E-state index contributed by atoms with van der Waals surface area (Å²) in [5.41, 5.74) is 3.88. The zero-order valence-corrected chi connectivity index (χ0v) is 20.3. The van der Waals surface area contributed by atoms with Crippen LogP contribution in [-0.4, -0.2) is 46.6 Å². The SMILES string of the molecule is CCOC(=O)C1CCN(C(=O)Nc2ccc3nc(-c4cccs4)c(-c4cccs4)nc3c2)CC1. The first-order valence-corrected chi connectivity index (χ1v) is 13.0. The summed E-state index contributed by atoms with van der Waals surface area (Å²) in [6, 6.07) is 13.5. The van der Waals surface area contributed by atoms with Crippen LogP contribution >= 0.6 is 22.7 Å². The number of carbonyl (C=O) groups is 2. The summed E-state index contributed by atoms with van der Waals surface area (Å²) in [7, 11) is 0. The number of rotatable bonds is 5. The normalized spacial score (nSPS) is 14.3. The van der Waals surface area contributed by atoms with E-state index >= 15 is 0 Å². The summed E-state index contributed by atoms with van der Waals surface area (Å²) in [6.07, 6.45) is 1.23. The Hall–Kier alpha value is -3.30. The van der Waals surface area contributed by atoms with E-state index in [9.17, 15) is 9.59 Å². The predicted octanol–water partition coefficient (Wildman–Crippen LogP) is 5.89. The lowest BCUT2D eigenvalue weighted by Crippen LogP contribution is -2.42. The second kappa shape index (κ2) is 9.90. The number of nitrogens with zero attached hydrogens (tertiary/aromatic N) is 3. The highest BCUT2D eigenvalue weighted by atomic mass is 32.1. The molecule has 0 atom stereocenters. The number of amides is 2. The summed E-state index contributed by atoms with van der Waals surface area (Å²) < 4.78 is 5.11. The van der Waals surface area contributed by atoms with E-state index in [-0.39, 0.29) is 17.9 Å². The maximum absolute atomic E-state index is 12.8. The summed E-state index contributed by atoms with van der Waals surface area (Å²) in [5.74, 6) is -0.299. The molecule has 4 aromatic rings. The van der Waals surface area contributed by atoms with Gasteiger partial charge in [-0.05, 0) is 60.9 Å². The molecule has 2 amide bonds. The molecule has 5 rings (SSSR count). The quantitative estimate of drug-likeness (QED) is 0.351. The van der Waals surface area contributed by atoms with Crippen LogP contribution in [0.25, 0.3) is 32.2 Å². The lowest BCUT2D eigenvalue weighted by Gasteiger charge is -2.30. The van der Waals surface area contributed by atoms with E-state index in [2.05, 4.69) is 11.4 Å². The monoisotopic (exact) mass is 492 g/mol. The number of fused-ring (bicyclic) bond motifs is 1. The number of ether oxygens (including phenoxy) is 1. The fourth-order valence-corrected chi connectivity index (χ4v) is 5.51. The second-order valence-electron chi connectivity index (χ2n) is 8.02. The van der Waals surface area contributed by atoms with Crippen LogP contribution in [0.15, 0.2) is 53.2 Å². The molecule has 9 heteroatoms. The number of piperidine rings is 1. The number of thiophene rings is 2. The van der Waals surface area contributed by atoms with Gasteiger partial charge in [-0.1, -0.05) is 12.1 Å². The van der Waals surface area contributed by atoms with Crippen molar-refractivity contribution in [1.82, 2.24) is 14.9 Å². The van der Waals surface area contributed by atoms with Gasteiger partial charge in [0.25, 0.3) is 0 Å². The molecular formula is C25H24N4O3S2. The van der Waals surface area contributed by atoms with Crippen molar-refractivity contribution in [3.05, 3.63) is 53.2 Å². The highest BCUT2D eigenvalue weighted by Gasteiger charge is 2.28. The van der Waals surface area contributed by atoms with Gasteiger partial charge >= 0.3 is 12.0 Å². The molecule has 34 heavy (non-hydrogen) atoms. The van der Waals surface area contributed by atoms with Crippen LogP contribution in [-0.2, 0) is 9.53 Å². The molecule has 1 aliphatic rings. The lowest BCUT2D eigenvalue weighted by atomic mass is 9.97. The number of urea groups is 1. The number of hydrogen-bond acceptors (Lipinski definition) is 7. The maximum atomic E-state index is 12.8. The minimum absolute atomic E-state index is 0.131. The Labute approximate surface area is 205 Å². The molecule has 1 N–H and O–H groups in total. The van der Waals surface area contributed by atoms with Gasteiger partial charge in [-0.15, -0.1) is 22.7 Å². The summed E-state index contributed by atoms with van der Waals surface area (Å²) >= 11 is 3.27. The van der Waals surface area contributed by atoms with Crippen molar-refractivity contribution in [2.45, 2.75) is 19.8 Å². The molecule has 0 saturated carbocycles. The summed E-state index contributed by atoms with van der Waals surface area (Å²) in [6.45, 7) is 3.24. The van der Waals surface area contributed by atoms with Gasteiger partial charge in [0.15, 0.2) is 0 Å². The zero-order chi connectivity index (χ0) is 23.5. The zero-order valence-electron chi connectivity index (χ0n) is 18.7. The molecule has 4 heterocycles. The van der Waals surface area contributed by atoms with Gasteiger partial charge in [-0.2, -0.15) is 0 Å². The topological polar surface area (TPSA) is 84.4 Å². The van der Waals surface area contributed by atoms with Crippen LogP contribution in [0.1, 0.15) is 19.8 Å². The third-order valence-corrected chi connectivity index (χ3v) is 7.58. The largest absolute Gasteiger partial charge is 0.466 e.